The number of alkyl halides is 4. The summed E-state index contributed by atoms with van der Waals surface area (Å²) in [5.74, 6) is -4.00. The molecule has 2 saturated heterocycles. The zero-order valence-corrected chi connectivity index (χ0v) is 41.1. The molecule has 0 unspecified atom stereocenters. The van der Waals surface area contributed by atoms with Crippen LogP contribution >= 0.6 is 0 Å². The lowest BCUT2D eigenvalue weighted by atomic mass is 9.82. The van der Waals surface area contributed by atoms with Gasteiger partial charge in [0.05, 0.1) is 32.1 Å². The number of rotatable bonds is 12. The molecule has 2 aromatic carbocycles. The van der Waals surface area contributed by atoms with E-state index in [1.807, 2.05) is 43.7 Å². The summed E-state index contributed by atoms with van der Waals surface area (Å²) in [6.07, 6.45) is -5.25. The topological polar surface area (TPSA) is 203 Å². The molecule has 4 amide bonds. The highest BCUT2D eigenvalue weighted by molar-refractivity contribution is 7.91. The number of aromatic nitrogens is 1. The second-order valence-corrected chi connectivity index (χ2v) is 22.3. The summed E-state index contributed by atoms with van der Waals surface area (Å²) in [7, 11) is -3.04. The van der Waals surface area contributed by atoms with Gasteiger partial charge in [0.15, 0.2) is 5.54 Å². The van der Waals surface area contributed by atoms with Gasteiger partial charge in [0.1, 0.15) is 46.6 Å². The van der Waals surface area contributed by atoms with E-state index in [0.717, 1.165) is 4.90 Å². The normalized spacial score (nSPS) is 29.4. The molecule has 2 aliphatic carbocycles. The number of carbonyl (C=O) groups is 4. The SMILES string of the molecule is COc1ccc2c(O[C@@H]3C[C@H]4C(=O)N[C@]5(C(=O)NS(=O)(=O)C6(CF)CC6)C[C@H]5/C=C\CC[C@@H](C)C[C@@H](C)[C@H](N(C(=O)O)[C@@]5(C(F)(F)F)CCCOC5)C(=O)N4C3)nc(-c3ccc(OC(C)C)cc3)cc2c1. The molecular formula is C50H61F4N5O11S. The third kappa shape index (κ3) is 10.1. The molecule has 21 heteroatoms. The van der Waals surface area contributed by atoms with E-state index in [1.165, 1.54) is 14.0 Å². The third-order valence-corrected chi connectivity index (χ3v) is 16.8. The van der Waals surface area contributed by atoms with E-state index >= 15 is 18.0 Å². The van der Waals surface area contributed by atoms with Crippen LogP contribution in [0.25, 0.3) is 22.0 Å². The van der Waals surface area contributed by atoms with Crippen molar-refractivity contribution in [3.05, 3.63) is 60.7 Å². The van der Waals surface area contributed by atoms with Crippen LogP contribution in [-0.2, 0) is 29.1 Å². The van der Waals surface area contributed by atoms with Crippen LogP contribution in [0.4, 0.5) is 22.4 Å². The second kappa shape index (κ2) is 19.7. The molecule has 71 heavy (non-hydrogen) atoms. The van der Waals surface area contributed by atoms with Gasteiger partial charge in [0.2, 0.25) is 27.7 Å². The number of carbonyl (C=O) groups excluding carboxylic acids is 3. The Morgan fingerprint density at radius 1 is 1.06 bits per heavy atom. The van der Waals surface area contributed by atoms with Gasteiger partial charge in [0.25, 0.3) is 5.91 Å². The number of benzene rings is 2. The third-order valence-electron chi connectivity index (χ3n) is 14.7. The lowest BCUT2D eigenvalue weighted by Gasteiger charge is -2.50. The van der Waals surface area contributed by atoms with Gasteiger partial charge in [-0.1, -0.05) is 26.0 Å². The molecule has 0 spiro atoms. The van der Waals surface area contributed by atoms with Crippen molar-refractivity contribution in [2.75, 3.05) is 33.5 Å². The molecule has 1 aromatic heterocycles. The molecular weight excluding hydrogens is 955 g/mol. The molecule has 5 aliphatic rings. The number of ether oxygens (including phenoxy) is 4. The van der Waals surface area contributed by atoms with Crippen molar-refractivity contribution in [1.82, 2.24) is 24.8 Å². The van der Waals surface area contributed by atoms with E-state index in [1.54, 1.807) is 42.5 Å². The largest absolute Gasteiger partial charge is 0.497 e. The molecule has 3 N–H and O–H groups in total. The van der Waals surface area contributed by atoms with Gasteiger partial charge in [-0.3, -0.25) is 24.0 Å². The quantitative estimate of drug-likeness (QED) is 0.121. The van der Waals surface area contributed by atoms with Crippen molar-refractivity contribution in [2.24, 2.45) is 17.8 Å². The van der Waals surface area contributed by atoms with Crippen molar-refractivity contribution in [1.29, 1.82) is 0 Å². The number of methoxy groups -OCH3 is 1. The highest BCUT2D eigenvalue weighted by atomic mass is 32.2. The predicted octanol–water partition coefficient (Wildman–Crippen LogP) is 7.34. The number of fused-ring (bicyclic) bond motifs is 3. The first-order valence-corrected chi connectivity index (χ1v) is 25.6. The summed E-state index contributed by atoms with van der Waals surface area (Å²) in [4.78, 5) is 64.4. The first kappa shape index (κ1) is 51.6. The average Bonchev–Trinajstić information content (AvgIpc) is 4.23. The van der Waals surface area contributed by atoms with Gasteiger partial charge in [-0.05, 0) is 131 Å². The Bertz CT molecular complexity index is 2660. The Morgan fingerprint density at radius 2 is 1.77 bits per heavy atom. The molecule has 4 fully saturated rings. The highest BCUT2D eigenvalue weighted by Crippen LogP contribution is 2.49. The van der Waals surface area contributed by atoms with Gasteiger partial charge in [-0.2, -0.15) is 13.2 Å². The molecule has 0 bridgehead atoms. The first-order chi connectivity index (χ1) is 33.6. The van der Waals surface area contributed by atoms with Crippen molar-refractivity contribution >= 4 is 44.6 Å². The van der Waals surface area contributed by atoms with Crippen molar-refractivity contribution in [3.63, 3.8) is 0 Å². The zero-order chi connectivity index (χ0) is 51.3. The van der Waals surface area contributed by atoms with E-state index < -0.39 is 112 Å². The van der Waals surface area contributed by atoms with Crippen molar-refractivity contribution < 1.29 is 69.2 Å². The number of hydrogen-bond donors (Lipinski definition) is 3. The van der Waals surface area contributed by atoms with Gasteiger partial charge in [-0.15, -0.1) is 0 Å². The summed E-state index contributed by atoms with van der Waals surface area (Å²) in [5, 5.41) is 14.8. The van der Waals surface area contributed by atoms with Crippen molar-refractivity contribution in [3.8, 4) is 28.6 Å². The molecule has 3 aliphatic heterocycles. The number of nitrogens with one attached hydrogen (secondary N) is 2. The van der Waals surface area contributed by atoms with Crippen LogP contribution in [-0.4, -0.2) is 132 Å². The van der Waals surface area contributed by atoms with Crippen LogP contribution in [0, 0.1) is 17.8 Å². The van der Waals surface area contributed by atoms with Crippen LogP contribution in [0.3, 0.4) is 0 Å². The molecule has 2 saturated carbocycles. The van der Waals surface area contributed by atoms with E-state index in [2.05, 4.69) is 5.32 Å². The fraction of sp³-hybridized carbons (Fsp3) is 0.580. The minimum absolute atomic E-state index is 0.0116. The number of carboxylic acid groups (broad SMARTS) is 1. The Hall–Kier alpha value is -5.70. The number of halogens is 4. The standard InChI is InChI=1S/C50H61F4N5O11S/c1-29(2)69-35-13-11-32(12-14-35)39-23-33-22-36(67-5)15-16-38(33)43(55-39)70-37-24-40-42(60)56-49(45(62)57-71(65,66)47(27-51)18-19-47)25-34(49)10-7-6-9-30(3)21-31(4)41(44(61)58(40)26-37)59(46(63)64)48(50(52,53)54)17-8-20-68-28-48/h7,10-16,22-23,29-31,34,37,40-41H,6,8-9,17-21,24-28H2,1-5H3,(H,56,60)(H,57,62)(H,63,64)/b10-7-/t30-,31-,34-,37-,40+,41+,48+,49-/m1/s1. The highest BCUT2D eigenvalue weighted by Gasteiger charge is 2.66. The number of sulfonamides is 1. The average molecular weight is 1020 g/mol. The fourth-order valence-corrected chi connectivity index (χ4v) is 11.9. The minimum atomic E-state index is -5.20. The lowest BCUT2D eigenvalue weighted by molar-refractivity contribution is -0.260. The van der Waals surface area contributed by atoms with E-state index in [0.29, 0.717) is 46.4 Å². The van der Waals surface area contributed by atoms with Gasteiger partial charge < -0.3 is 34.3 Å². The molecule has 16 nitrogen and oxygen atoms in total. The van der Waals surface area contributed by atoms with Gasteiger partial charge in [-0.25, -0.2) is 22.6 Å². The summed E-state index contributed by atoms with van der Waals surface area (Å²) in [6, 6.07) is 10.6. The Labute approximate surface area is 409 Å². The van der Waals surface area contributed by atoms with Gasteiger partial charge in [0, 0.05) is 29.9 Å². The van der Waals surface area contributed by atoms with Crippen LogP contribution in [0.2, 0.25) is 0 Å². The second-order valence-electron chi connectivity index (χ2n) is 20.2. The van der Waals surface area contributed by atoms with Crippen LogP contribution in [0.5, 0.6) is 17.4 Å². The maximum absolute atomic E-state index is 15.6. The van der Waals surface area contributed by atoms with Crippen molar-refractivity contribution in [2.45, 2.75) is 132 Å². The van der Waals surface area contributed by atoms with E-state index in [-0.39, 0.29) is 67.9 Å². The number of nitrogens with zero attached hydrogens (tertiary/aromatic N) is 3. The molecule has 8 rings (SSSR count). The number of allylic oxidation sites excluding steroid dienone is 1. The number of pyridine rings is 1. The summed E-state index contributed by atoms with van der Waals surface area (Å²) >= 11 is 0. The number of amides is 4. The maximum Gasteiger partial charge on any atom is 0.414 e. The maximum atomic E-state index is 15.6. The smallest absolute Gasteiger partial charge is 0.414 e. The summed E-state index contributed by atoms with van der Waals surface area (Å²) in [6.45, 7) is 4.36. The fourth-order valence-electron chi connectivity index (χ4n) is 10.5. The molecule has 4 heterocycles. The Balaban J connectivity index is 1.22. The van der Waals surface area contributed by atoms with E-state index in [9.17, 15) is 32.3 Å². The lowest BCUT2D eigenvalue weighted by Crippen LogP contribution is -2.71. The monoisotopic (exact) mass is 1020 g/mol. The summed E-state index contributed by atoms with van der Waals surface area (Å²) < 4.78 is 111. The molecule has 0 radical (unpaired) electrons. The predicted molar refractivity (Wildman–Crippen MR) is 252 cm³/mol. The number of hydrogen-bond acceptors (Lipinski definition) is 11. The zero-order valence-electron chi connectivity index (χ0n) is 40.3. The van der Waals surface area contributed by atoms with Crippen LogP contribution in [0.15, 0.2) is 60.7 Å². The van der Waals surface area contributed by atoms with E-state index in [4.69, 9.17) is 23.9 Å². The molecule has 386 valence electrons. The summed E-state index contributed by atoms with van der Waals surface area (Å²) in [5.41, 5.74) is -3.88. The van der Waals surface area contributed by atoms with Crippen LogP contribution in [0.1, 0.15) is 85.5 Å². The first-order valence-electron chi connectivity index (χ1n) is 24.1. The molecule has 3 aromatic rings. The minimum Gasteiger partial charge on any atom is -0.497 e. The van der Waals surface area contributed by atoms with Gasteiger partial charge >= 0.3 is 12.3 Å². The Morgan fingerprint density at radius 3 is 2.39 bits per heavy atom. The molecule has 8 atom stereocenters. The Kier molecular flexibility index (Phi) is 14.3. The van der Waals surface area contributed by atoms with Crippen LogP contribution < -0.4 is 24.2 Å².